The Labute approximate surface area is 129 Å². The molecule has 1 fully saturated rings. The van der Waals surface area contributed by atoms with Crippen LogP contribution in [0.2, 0.25) is 0 Å². The Bertz CT molecular complexity index is 651. The fourth-order valence-corrected chi connectivity index (χ4v) is 2.65. The standard InChI is InChI=1S/C16H19N3O3/c1-3-21-14-6-4-12(5-7-14)9-19-10-13(8-15(19)20)16-17-11(2)18-22-16/h4-7,13H,3,8-10H2,1-2H3. The van der Waals surface area contributed by atoms with Gasteiger partial charge in [0.1, 0.15) is 5.75 Å². The second kappa shape index (κ2) is 6.17. The molecule has 2 heterocycles. The van der Waals surface area contributed by atoms with Crippen LogP contribution in [-0.2, 0) is 11.3 Å². The van der Waals surface area contributed by atoms with Crippen molar-refractivity contribution in [2.45, 2.75) is 32.7 Å². The van der Waals surface area contributed by atoms with Crippen LogP contribution in [0.5, 0.6) is 5.75 Å². The van der Waals surface area contributed by atoms with E-state index in [4.69, 9.17) is 9.26 Å². The number of benzene rings is 1. The minimum absolute atomic E-state index is 0.00334. The summed E-state index contributed by atoms with van der Waals surface area (Å²) < 4.78 is 10.6. The topological polar surface area (TPSA) is 68.5 Å². The Morgan fingerprint density at radius 3 is 2.77 bits per heavy atom. The molecule has 3 rings (SSSR count). The summed E-state index contributed by atoms with van der Waals surface area (Å²) in [6.45, 7) is 5.59. The van der Waals surface area contributed by atoms with E-state index in [1.807, 2.05) is 36.1 Å². The number of amides is 1. The van der Waals surface area contributed by atoms with Gasteiger partial charge in [0.05, 0.1) is 12.5 Å². The molecule has 0 bridgehead atoms. The summed E-state index contributed by atoms with van der Waals surface area (Å²) in [5, 5.41) is 3.79. The summed E-state index contributed by atoms with van der Waals surface area (Å²) in [6.07, 6.45) is 0.429. The van der Waals surface area contributed by atoms with Gasteiger partial charge in [-0.3, -0.25) is 4.79 Å². The van der Waals surface area contributed by atoms with Crippen molar-refractivity contribution in [1.29, 1.82) is 0 Å². The summed E-state index contributed by atoms with van der Waals surface area (Å²) >= 11 is 0. The van der Waals surface area contributed by atoms with Crippen molar-refractivity contribution in [1.82, 2.24) is 15.0 Å². The van der Waals surface area contributed by atoms with Crippen LogP contribution in [0.1, 0.15) is 36.5 Å². The first-order valence-corrected chi connectivity index (χ1v) is 7.45. The third kappa shape index (κ3) is 3.10. The summed E-state index contributed by atoms with van der Waals surface area (Å²) in [6, 6.07) is 7.83. The average molecular weight is 301 g/mol. The van der Waals surface area contributed by atoms with Gasteiger partial charge in [0.15, 0.2) is 5.82 Å². The maximum atomic E-state index is 12.1. The minimum Gasteiger partial charge on any atom is -0.494 e. The minimum atomic E-state index is -0.00334. The number of hydrogen-bond donors (Lipinski definition) is 0. The first-order chi connectivity index (χ1) is 10.7. The van der Waals surface area contributed by atoms with E-state index in [1.54, 1.807) is 6.92 Å². The van der Waals surface area contributed by atoms with Gasteiger partial charge in [-0.2, -0.15) is 4.98 Å². The maximum absolute atomic E-state index is 12.1. The molecule has 1 aromatic heterocycles. The molecule has 1 aliphatic heterocycles. The monoisotopic (exact) mass is 301 g/mol. The molecule has 0 saturated carbocycles. The highest BCUT2D eigenvalue weighted by molar-refractivity contribution is 5.79. The van der Waals surface area contributed by atoms with Gasteiger partial charge in [-0.15, -0.1) is 0 Å². The van der Waals surface area contributed by atoms with E-state index in [0.29, 0.717) is 37.8 Å². The maximum Gasteiger partial charge on any atom is 0.232 e. The lowest BCUT2D eigenvalue weighted by molar-refractivity contribution is -0.128. The van der Waals surface area contributed by atoms with Crippen LogP contribution < -0.4 is 4.74 Å². The Balaban J connectivity index is 1.64. The fourth-order valence-electron chi connectivity index (χ4n) is 2.65. The van der Waals surface area contributed by atoms with E-state index >= 15 is 0 Å². The number of aryl methyl sites for hydroxylation is 1. The van der Waals surface area contributed by atoms with Crippen LogP contribution in [0, 0.1) is 6.92 Å². The highest BCUT2D eigenvalue weighted by Crippen LogP contribution is 2.28. The number of rotatable bonds is 5. The molecule has 1 saturated heterocycles. The van der Waals surface area contributed by atoms with E-state index in [-0.39, 0.29) is 11.8 Å². The van der Waals surface area contributed by atoms with Crippen molar-refractivity contribution in [2.24, 2.45) is 0 Å². The van der Waals surface area contributed by atoms with Crippen LogP contribution in [0.4, 0.5) is 0 Å². The lowest BCUT2D eigenvalue weighted by Crippen LogP contribution is -2.24. The molecule has 22 heavy (non-hydrogen) atoms. The summed E-state index contributed by atoms with van der Waals surface area (Å²) in [5.74, 6) is 2.12. The molecule has 1 aliphatic rings. The van der Waals surface area contributed by atoms with Crippen LogP contribution in [0.25, 0.3) is 0 Å². The highest BCUT2D eigenvalue weighted by atomic mass is 16.5. The average Bonchev–Trinajstić information content (AvgIpc) is 3.08. The zero-order valence-corrected chi connectivity index (χ0v) is 12.8. The second-order valence-corrected chi connectivity index (χ2v) is 5.43. The second-order valence-electron chi connectivity index (χ2n) is 5.43. The number of aromatic nitrogens is 2. The molecular formula is C16H19N3O3. The molecule has 6 heteroatoms. The van der Waals surface area contributed by atoms with E-state index in [0.717, 1.165) is 11.3 Å². The smallest absolute Gasteiger partial charge is 0.232 e. The van der Waals surface area contributed by atoms with Gasteiger partial charge >= 0.3 is 0 Å². The van der Waals surface area contributed by atoms with Crippen molar-refractivity contribution in [3.63, 3.8) is 0 Å². The van der Waals surface area contributed by atoms with Gasteiger partial charge in [-0.1, -0.05) is 17.3 Å². The molecule has 1 atom stereocenters. The number of likely N-dealkylation sites (tertiary alicyclic amines) is 1. The zero-order chi connectivity index (χ0) is 15.5. The lowest BCUT2D eigenvalue weighted by Gasteiger charge is -2.16. The molecule has 0 N–H and O–H groups in total. The summed E-state index contributed by atoms with van der Waals surface area (Å²) in [4.78, 5) is 18.2. The van der Waals surface area contributed by atoms with E-state index in [1.165, 1.54) is 0 Å². The number of carbonyl (C=O) groups excluding carboxylic acids is 1. The molecule has 0 radical (unpaired) electrons. The number of carbonyl (C=O) groups is 1. The molecule has 1 aromatic carbocycles. The lowest BCUT2D eigenvalue weighted by atomic mass is 10.1. The van der Waals surface area contributed by atoms with Gasteiger partial charge < -0.3 is 14.2 Å². The third-order valence-electron chi connectivity index (χ3n) is 3.71. The molecule has 1 amide bonds. The molecular weight excluding hydrogens is 282 g/mol. The van der Waals surface area contributed by atoms with Crippen molar-refractivity contribution >= 4 is 5.91 Å². The predicted molar refractivity (Wildman–Crippen MR) is 79.4 cm³/mol. The van der Waals surface area contributed by atoms with Crippen LogP contribution in [-0.4, -0.2) is 34.1 Å². The first-order valence-electron chi connectivity index (χ1n) is 7.45. The van der Waals surface area contributed by atoms with E-state index < -0.39 is 0 Å². The van der Waals surface area contributed by atoms with Crippen molar-refractivity contribution in [3.05, 3.63) is 41.5 Å². The van der Waals surface area contributed by atoms with E-state index in [9.17, 15) is 4.79 Å². The van der Waals surface area contributed by atoms with E-state index in [2.05, 4.69) is 10.1 Å². The fraction of sp³-hybridized carbons (Fsp3) is 0.438. The van der Waals surface area contributed by atoms with Gasteiger partial charge in [-0.05, 0) is 31.5 Å². The molecule has 1 unspecified atom stereocenters. The van der Waals surface area contributed by atoms with Gasteiger partial charge in [0.25, 0.3) is 0 Å². The zero-order valence-electron chi connectivity index (χ0n) is 12.8. The highest BCUT2D eigenvalue weighted by Gasteiger charge is 2.33. The third-order valence-corrected chi connectivity index (χ3v) is 3.71. The van der Waals surface area contributed by atoms with Crippen LogP contribution in [0.15, 0.2) is 28.8 Å². The molecule has 116 valence electrons. The first kappa shape index (κ1) is 14.6. The number of hydrogen-bond acceptors (Lipinski definition) is 5. The van der Waals surface area contributed by atoms with Crippen LogP contribution >= 0.6 is 0 Å². The number of nitrogens with zero attached hydrogens (tertiary/aromatic N) is 3. The SMILES string of the molecule is CCOc1ccc(CN2CC(c3nc(C)no3)CC2=O)cc1. The molecule has 0 aliphatic carbocycles. The normalized spacial score (nSPS) is 18.0. The van der Waals surface area contributed by atoms with Crippen molar-refractivity contribution in [3.8, 4) is 5.75 Å². The van der Waals surface area contributed by atoms with Crippen molar-refractivity contribution < 1.29 is 14.1 Å². The molecule has 2 aromatic rings. The number of ether oxygens (including phenoxy) is 1. The Kier molecular flexibility index (Phi) is 4.09. The van der Waals surface area contributed by atoms with Crippen LogP contribution in [0.3, 0.4) is 0 Å². The molecule has 0 spiro atoms. The molecule has 6 nitrogen and oxygen atoms in total. The summed E-state index contributed by atoms with van der Waals surface area (Å²) in [5.41, 5.74) is 1.08. The Morgan fingerprint density at radius 1 is 1.36 bits per heavy atom. The Morgan fingerprint density at radius 2 is 2.14 bits per heavy atom. The largest absolute Gasteiger partial charge is 0.494 e. The van der Waals surface area contributed by atoms with Crippen molar-refractivity contribution in [2.75, 3.05) is 13.2 Å². The summed E-state index contributed by atoms with van der Waals surface area (Å²) in [7, 11) is 0. The van der Waals surface area contributed by atoms with Gasteiger partial charge in [0, 0.05) is 19.5 Å². The quantitative estimate of drug-likeness (QED) is 0.847. The van der Waals surface area contributed by atoms with Gasteiger partial charge in [-0.25, -0.2) is 0 Å². The predicted octanol–water partition coefficient (Wildman–Crippen LogP) is 2.29. The Hall–Kier alpha value is -2.37. The van der Waals surface area contributed by atoms with Gasteiger partial charge in [0.2, 0.25) is 11.8 Å².